The molecule has 0 unspecified atom stereocenters. The van der Waals surface area contributed by atoms with Gasteiger partial charge >= 0.3 is 0 Å². The molecular formula is C17H29N3O. The van der Waals surface area contributed by atoms with Crippen LogP contribution in [-0.4, -0.2) is 63.2 Å². The highest BCUT2D eigenvalue weighted by Gasteiger charge is 2.11. The van der Waals surface area contributed by atoms with Crippen LogP contribution in [0, 0.1) is 0 Å². The molecule has 0 amide bonds. The summed E-state index contributed by atoms with van der Waals surface area (Å²) in [6.07, 6.45) is 2.74. The molecule has 0 aliphatic carbocycles. The molecule has 0 bridgehead atoms. The molecule has 1 fully saturated rings. The number of hydrogen-bond donors (Lipinski definition) is 1. The fourth-order valence-corrected chi connectivity index (χ4v) is 2.70. The summed E-state index contributed by atoms with van der Waals surface area (Å²) in [5, 5.41) is 3.16. The first kappa shape index (κ1) is 16.3. The summed E-state index contributed by atoms with van der Waals surface area (Å²) in [4.78, 5) is 4.91. The van der Waals surface area contributed by atoms with Crippen molar-refractivity contribution in [1.82, 2.24) is 15.1 Å². The number of ether oxygens (including phenoxy) is 1. The Morgan fingerprint density at radius 2 is 2.05 bits per heavy atom. The average Bonchev–Trinajstić information content (AvgIpc) is 2.99. The predicted octanol–water partition coefficient (Wildman–Crippen LogP) is 1.81. The third kappa shape index (κ3) is 6.04. The van der Waals surface area contributed by atoms with Gasteiger partial charge in [0.1, 0.15) is 12.4 Å². The number of hydrogen-bond acceptors (Lipinski definition) is 4. The fraction of sp³-hybridized carbons (Fsp3) is 0.647. The van der Waals surface area contributed by atoms with Gasteiger partial charge in [0.25, 0.3) is 0 Å². The van der Waals surface area contributed by atoms with E-state index < -0.39 is 0 Å². The standard InChI is InChI=1S/C17H29N3O/c1-18-15-16-6-5-7-17(14-16)21-13-12-19(2)10-11-20-8-3-4-9-20/h5-7,14,18H,3-4,8-13,15H2,1-2H3. The number of rotatable bonds is 9. The van der Waals surface area contributed by atoms with Gasteiger partial charge in [0.2, 0.25) is 0 Å². The van der Waals surface area contributed by atoms with Crippen LogP contribution in [0.5, 0.6) is 5.75 Å². The summed E-state index contributed by atoms with van der Waals surface area (Å²) in [6.45, 7) is 7.49. The Morgan fingerprint density at radius 1 is 1.24 bits per heavy atom. The van der Waals surface area contributed by atoms with E-state index in [1.54, 1.807) is 0 Å². The van der Waals surface area contributed by atoms with E-state index in [0.29, 0.717) is 0 Å². The van der Waals surface area contributed by atoms with Crippen LogP contribution in [0.15, 0.2) is 24.3 Å². The zero-order valence-corrected chi connectivity index (χ0v) is 13.5. The van der Waals surface area contributed by atoms with Crippen molar-refractivity contribution in [2.24, 2.45) is 0 Å². The lowest BCUT2D eigenvalue weighted by atomic mass is 10.2. The lowest BCUT2D eigenvalue weighted by Crippen LogP contribution is -2.33. The lowest BCUT2D eigenvalue weighted by molar-refractivity contribution is 0.213. The van der Waals surface area contributed by atoms with Gasteiger partial charge < -0.3 is 19.9 Å². The van der Waals surface area contributed by atoms with E-state index in [2.05, 4.69) is 40.4 Å². The minimum Gasteiger partial charge on any atom is -0.492 e. The van der Waals surface area contributed by atoms with E-state index in [0.717, 1.165) is 32.0 Å². The molecule has 21 heavy (non-hydrogen) atoms. The second-order valence-corrected chi connectivity index (χ2v) is 5.88. The lowest BCUT2D eigenvalue weighted by Gasteiger charge is -2.21. The summed E-state index contributed by atoms with van der Waals surface area (Å²) in [7, 11) is 4.14. The topological polar surface area (TPSA) is 27.7 Å². The van der Waals surface area contributed by atoms with Gasteiger partial charge in [0.05, 0.1) is 0 Å². The van der Waals surface area contributed by atoms with Crippen LogP contribution in [0.3, 0.4) is 0 Å². The number of nitrogens with one attached hydrogen (secondary N) is 1. The van der Waals surface area contributed by atoms with Gasteiger partial charge in [0.15, 0.2) is 0 Å². The van der Waals surface area contributed by atoms with Crippen molar-refractivity contribution in [3.63, 3.8) is 0 Å². The maximum atomic E-state index is 5.85. The number of nitrogens with zero attached hydrogens (tertiary/aromatic N) is 2. The second kappa shape index (κ2) is 9.03. The number of benzene rings is 1. The van der Waals surface area contributed by atoms with Gasteiger partial charge in [0, 0.05) is 26.2 Å². The first-order valence-electron chi connectivity index (χ1n) is 8.05. The van der Waals surface area contributed by atoms with Crippen LogP contribution in [0.2, 0.25) is 0 Å². The molecule has 1 aliphatic rings. The molecule has 1 heterocycles. The highest BCUT2D eigenvalue weighted by Crippen LogP contribution is 2.13. The Labute approximate surface area is 129 Å². The minimum absolute atomic E-state index is 0.750. The van der Waals surface area contributed by atoms with E-state index in [-0.39, 0.29) is 0 Å². The first-order valence-corrected chi connectivity index (χ1v) is 8.05. The van der Waals surface area contributed by atoms with E-state index in [1.165, 1.54) is 38.0 Å². The predicted molar refractivity (Wildman–Crippen MR) is 87.9 cm³/mol. The monoisotopic (exact) mass is 291 g/mol. The van der Waals surface area contributed by atoms with Crippen molar-refractivity contribution in [1.29, 1.82) is 0 Å². The van der Waals surface area contributed by atoms with Crippen molar-refractivity contribution in [2.75, 3.05) is 53.4 Å². The van der Waals surface area contributed by atoms with Crippen molar-refractivity contribution >= 4 is 0 Å². The molecule has 1 aliphatic heterocycles. The molecule has 0 spiro atoms. The summed E-state index contributed by atoms with van der Waals surface area (Å²) >= 11 is 0. The van der Waals surface area contributed by atoms with Crippen LogP contribution in [-0.2, 0) is 6.54 Å². The minimum atomic E-state index is 0.750. The van der Waals surface area contributed by atoms with Gasteiger partial charge in [-0.25, -0.2) is 0 Å². The average molecular weight is 291 g/mol. The second-order valence-electron chi connectivity index (χ2n) is 5.88. The molecule has 1 saturated heterocycles. The van der Waals surface area contributed by atoms with E-state index >= 15 is 0 Å². The van der Waals surface area contributed by atoms with Crippen molar-refractivity contribution < 1.29 is 4.74 Å². The molecule has 4 nitrogen and oxygen atoms in total. The van der Waals surface area contributed by atoms with Crippen molar-refractivity contribution in [2.45, 2.75) is 19.4 Å². The third-order valence-corrected chi connectivity index (χ3v) is 4.02. The molecule has 0 saturated carbocycles. The maximum Gasteiger partial charge on any atom is 0.119 e. The zero-order chi connectivity index (χ0) is 14.9. The Balaban J connectivity index is 1.62. The Hall–Kier alpha value is -1.10. The van der Waals surface area contributed by atoms with Gasteiger partial charge in [-0.15, -0.1) is 0 Å². The number of likely N-dealkylation sites (tertiary alicyclic amines) is 1. The molecule has 0 radical (unpaired) electrons. The molecule has 0 aromatic heterocycles. The van der Waals surface area contributed by atoms with Crippen LogP contribution >= 0.6 is 0 Å². The van der Waals surface area contributed by atoms with Crippen molar-refractivity contribution in [3.05, 3.63) is 29.8 Å². The Bertz CT molecular complexity index is 405. The quantitative estimate of drug-likeness (QED) is 0.751. The zero-order valence-electron chi connectivity index (χ0n) is 13.5. The fourth-order valence-electron chi connectivity index (χ4n) is 2.70. The summed E-state index contributed by atoms with van der Waals surface area (Å²) < 4.78 is 5.85. The summed E-state index contributed by atoms with van der Waals surface area (Å²) in [6, 6.07) is 8.31. The molecule has 118 valence electrons. The summed E-state index contributed by atoms with van der Waals surface area (Å²) in [5.74, 6) is 0.968. The Kier molecular flexibility index (Phi) is 7.00. The van der Waals surface area contributed by atoms with Gasteiger partial charge in [-0.05, 0) is 57.7 Å². The van der Waals surface area contributed by atoms with Crippen LogP contribution < -0.4 is 10.1 Å². The first-order chi connectivity index (χ1) is 10.3. The van der Waals surface area contributed by atoms with Crippen molar-refractivity contribution in [3.8, 4) is 5.75 Å². The van der Waals surface area contributed by atoms with E-state index in [9.17, 15) is 0 Å². The van der Waals surface area contributed by atoms with E-state index in [1.807, 2.05) is 13.1 Å². The van der Waals surface area contributed by atoms with Gasteiger partial charge in [-0.2, -0.15) is 0 Å². The molecule has 4 heteroatoms. The highest BCUT2D eigenvalue weighted by atomic mass is 16.5. The SMILES string of the molecule is CNCc1cccc(OCCN(C)CCN2CCCC2)c1. The molecular weight excluding hydrogens is 262 g/mol. The van der Waals surface area contributed by atoms with Crippen LogP contribution in [0.4, 0.5) is 0 Å². The largest absolute Gasteiger partial charge is 0.492 e. The highest BCUT2D eigenvalue weighted by molar-refractivity contribution is 5.28. The van der Waals surface area contributed by atoms with E-state index in [4.69, 9.17) is 4.74 Å². The molecule has 0 atom stereocenters. The molecule has 1 N–H and O–H groups in total. The summed E-state index contributed by atoms with van der Waals surface area (Å²) in [5.41, 5.74) is 1.26. The molecule has 1 aromatic rings. The van der Waals surface area contributed by atoms with Crippen LogP contribution in [0.1, 0.15) is 18.4 Å². The maximum absolute atomic E-state index is 5.85. The van der Waals surface area contributed by atoms with Gasteiger partial charge in [-0.1, -0.05) is 12.1 Å². The molecule has 2 rings (SSSR count). The third-order valence-electron chi connectivity index (χ3n) is 4.02. The Morgan fingerprint density at radius 3 is 2.81 bits per heavy atom. The molecule has 1 aromatic carbocycles. The van der Waals surface area contributed by atoms with Gasteiger partial charge in [-0.3, -0.25) is 0 Å². The smallest absolute Gasteiger partial charge is 0.119 e. The normalized spacial score (nSPS) is 15.8. The number of likely N-dealkylation sites (N-methyl/N-ethyl adjacent to an activating group) is 1. The van der Waals surface area contributed by atoms with Crippen LogP contribution in [0.25, 0.3) is 0 Å².